The van der Waals surface area contributed by atoms with Gasteiger partial charge >= 0.3 is 18.9 Å². The van der Waals surface area contributed by atoms with Gasteiger partial charge < -0.3 is 9.88 Å². The fraction of sp³-hybridized carbons (Fsp3) is 0.619. The fourth-order valence-electron chi connectivity index (χ4n) is 4.73. The Bertz CT molecular complexity index is 640. The quantitative estimate of drug-likeness (QED) is 0.661. The third-order valence-corrected chi connectivity index (χ3v) is 8.10. The minimum Gasteiger partial charge on any atom is -0.410 e. The van der Waals surface area contributed by atoms with Crippen molar-refractivity contribution >= 4 is 13.9 Å². The number of fused-ring (bicyclic) bond motifs is 1. The summed E-state index contributed by atoms with van der Waals surface area (Å²) in [5, 5.41) is 0. The molecule has 2 nitrogen and oxygen atoms in total. The van der Waals surface area contributed by atoms with Gasteiger partial charge in [0.2, 0.25) is 0 Å². The van der Waals surface area contributed by atoms with Crippen LogP contribution in [0, 0.1) is 6.07 Å². The van der Waals surface area contributed by atoms with Crippen LogP contribution >= 0.6 is 0 Å². The van der Waals surface area contributed by atoms with Crippen LogP contribution in [0.5, 0.6) is 0 Å². The molecule has 1 aromatic carbocycles. The van der Waals surface area contributed by atoms with E-state index in [0.717, 1.165) is 0 Å². The predicted octanol–water partition coefficient (Wildman–Crippen LogP) is 2.01. The van der Waals surface area contributed by atoms with Gasteiger partial charge in [-0.1, -0.05) is 25.6 Å². The van der Waals surface area contributed by atoms with Crippen molar-refractivity contribution in [3.63, 3.8) is 0 Å². The molecule has 1 atom stereocenters. The number of likely N-dealkylation sites (tertiary alicyclic amines) is 1. The number of nitrogens with zero attached hydrogens (tertiary/aromatic N) is 1. The van der Waals surface area contributed by atoms with Crippen molar-refractivity contribution in [3.8, 4) is 0 Å². The van der Waals surface area contributed by atoms with E-state index in [0.29, 0.717) is 5.92 Å². The summed E-state index contributed by atoms with van der Waals surface area (Å²) in [4.78, 5) is 6.56. The molecule has 25 heavy (non-hydrogen) atoms. The molecule has 1 N–H and O–H groups in total. The van der Waals surface area contributed by atoms with Gasteiger partial charge in [-0.3, -0.25) is 0 Å². The molecule has 0 aromatic heterocycles. The van der Waals surface area contributed by atoms with Crippen LogP contribution in [0.1, 0.15) is 57.6 Å². The molecule has 3 rings (SSSR count). The first-order valence-electron chi connectivity index (χ1n) is 9.44. The van der Waals surface area contributed by atoms with Crippen LogP contribution in [0.25, 0.3) is 5.70 Å². The molecule has 0 amide bonds. The molecule has 0 radical (unpaired) electrons. The third-order valence-electron chi connectivity index (χ3n) is 5.25. The molecule has 1 aliphatic heterocycles. The molecule has 1 saturated heterocycles. The first kappa shape index (κ1) is 20.8. The smallest absolute Gasteiger partial charge is 0.410 e. The Hall–Kier alpha value is -0.466. The van der Waals surface area contributed by atoms with E-state index in [2.05, 4.69) is 74.9 Å². The van der Waals surface area contributed by atoms with Crippen LogP contribution in [-0.2, 0) is 0 Å². The van der Waals surface area contributed by atoms with Crippen molar-refractivity contribution in [3.05, 3.63) is 41.0 Å². The second-order valence-corrected chi connectivity index (χ2v) is 13.7. The summed E-state index contributed by atoms with van der Waals surface area (Å²) < 4.78 is 0. The van der Waals surface area contributed by atoms with E-state index in [4.69, 9.17) is 0 Å². The first-order chi connectivity index (χ1) is 11.2. The summed E-state index contributed by atoms with van der Waals surface area (Å²) in [6.07, 6.45) is 2.66. The topological polar surface area (TPSA) is 15.3 Å². The summed E-state index contributed by atoms with van der Waals surface area (Å²) in [7, 11) is -1.50. The Morgan fingerprint density at radius 2 is 1.88 bits per heavy atom. The zero-order chi connectivity index (χ0) is 17.5. The Balaban J connectivity index is 0.00000225. The van der Waals surface area contributed by atoms with Crippen molar-refractivity contribution in [2.45, 2.75) is 71.1 Å². The van der Waals surface area contributed by atoms with Crippen molar-refractivity contribution in [1.82, 2.24) is 9.88 Å². The Kier molecular flexibility index (Phi) is 6.37. The van der Waals surface area contributed by atoms with Gasteiger partial charge in [-0.05, 0) is 51.3 Å². The van der Waals surface area contributed by atoms with Gasteiger partial charge in [0, 0.05) is 18.6 Å². The van der Waals surface area contributed by atoms with Crippen molar-refractivity contribution < 1.29 is 18.9 Å². The van der Waals surface area contributed by atoms with Crippen LogP contribution in [0.4, 0.5) is 0 Å². The van der Waals surface area contributed by atoms with E-state index in [1.165, 1.54) is 48.8 Å². The summed E-state index contributed by atoms with van der Waals surface area (Å²) in [6, 6.07) is 11.4. The summed E-state index contributed by atoms with van der Waals surface area (Å²) >= 11 is 0. The maximum atomic E-state index is 3.95. The monoisotopic (exact) mass is 348 g/mol. The number of rotatable bonds is 4. The van der Waals surface area contributed by atoms with Gasteiger partial charge in [-0.15, -0.1) is 35.4 Å². The number of benzene rings is 1. The van der Waals surface area contributed by atoms with Crippen LogP contribution in [0.15, 0.2) is 23.8 Å². The average Bonchev–Trinajstić information content (AvgIpc) is 3.04. The number of allylic oxidation sites excluding steroid dienone is 1. The molecule has 1 fully saturated rings. The zero-order valence-electron chi connectivity index (χ0n) is 17.3. The Morgan fingerprint density at radius 3 is 2.48 bits per heavy atom. The molecule has 0 spiro atoms. The maximum Gasteiger partial charge on any atom is 1.00 e. The molecule has 1 heterocycles. The molecular formula is C21H33LiN2Si. The third kappa shape index (κ3) is 4.63. The van der Waals surface area contributed by atoms with Gasteiger partial charge in [0.15, 0.2) is 0 Å². The van der Waals surface area contributed by atoms with E-state index in [1.54, 1.807) is 5.57 Å². The molecule has 132 valence electrons. The average molecular weight is 349 g/mol. The molecule has 2 aliphatic rings. The molecule has 1 unspecified atom stereocenters. The van der Waals surface area contributed by atoms with Crippen molar-refractivity contribution in [1.29, 1.82) is 0 Å². The van der Waals surface area contributed by atoms with E-state index >= 15 is 0 Å². The van der Waals surface area contributed by atoms with Gasteiger partial charge in [-0.25, -0.2) is 0 Å². The fourth-order valence-corrected chi connectivity index (χ4v) is 8.41. The second kappa shape index (κ2) is 7.65. The van der Waals surface area contributed by atoms with E-state index in [-0.39, 0.29) is 24.4 Å². The van der Waals surface area contributed by atoms with E-state index in [1.807, 2.05) is 0 Å². The number of hydrogen-bond donors (Lipinski definition) is 1. The van der Waals surface area contributed by atoms with Crippen molar-refractivity contribution in [2.75, 3.05) is 13.1 Å². The molecule has 1 aliphatic carbocycles. The second-order valence-electron chi connectivity index (χ2n) is 9.24. The molecule has 0 saturated carbocycles. The van der Waals surface area contributed by atoms with E-state index in [9.17, 15) is 0 Å². The van der Waals surface area contributed by atoms with Gasteiger partial charge in [-0.2, -0.15) is 0 Å². The van der Waals surface area contributed by atoms with Crippen LogP contribution in [0.2, 0.25) is 19.1 Å². The first-order valence-corrected chi connectivity index (χ1v) is 12.6. The van der Waals surface area contributed by atoms with Crippen LogP contribution < -0.4 is 23.8 Å². The standard InChI is InChI=1S/C21H33N2Si.Li/c1-16-19(15-24(5,6)22-21(2,3)4)17-11-7-8-12-18(17)20(16)23-13-9-10-14-23;/h7-8,11,19,22H,9-10,13-15H2,1-6H3;/q-1;+1. The number of hydrogen-bond acceptors (Lipinski definition) is 2. The summed E-state index contributed by atoms with van der Waals surface area (Å²) in [6.45, 7) is 16.6. The Labute approximate surface area is 167 Å². The molecule has 4 heteroatoms. The minimum atomic E-state index is -1.50. The normalized spacial score (nSPS) is 20.7. The van der Waals surface area contributed by atoms with Crippen LogP contribution in [0.3, 0.4) is 0 Å². The molecule has 1 aromatic rings. The SMILES string of the molecule is CC1=C(N2CCCC2)c2[c-]cccc2C1C[Si](C)(C)NC(C)(C)C.[Li+]. The molecule has 0 bridgehead atoms. The largest absolute Gasteiger partial charge is 1.00 e. The predicted molar refractivity (Wildman–Crippen MR) is 107 cm³/mol. The maximum absolute atomic E-state index is 3.95. The van der Waals surface area contributed by atoms with E-state index < -0.39 is 8.24 Å². The van der Waals surface area contributed by atoms with Gasteiger partial charge in [0.05, 0.1) is 0 Å². The molecular weight excluding hydrogens is 315 g/mol. The van der Waals surface area contributed by atoms with Gasteiger partial charge in [0.25, 0.3) is 0 Å². The summed E-state index contributed by atoms with van der Waals surface area (Å²) in [5.41, 5.74) is 6.14. The zero-order valence-corrected chi connectivity index (χ0v) is 18.3. The van der Waals surface area contributed by atoms with Gasteiger partial charge in [0.1, 0.15) is 8.24 Å². The minimum absolute atomic E-state index is 0. The summed E-state index contributed by atoms with van der Waals surface area (Å²) in [5.74, 6) is 0.560. The number of nitrogens with one attached hydrogen (secondary N) is 1. The van der Waals surface area contributed by atoms with Crippen LogP contribution in [-0.4, -0.2) is 31.8 Å². The van der Waals surface area contributed by atoms with Crippen molar-refractivity contribution in [2.24, 2.45) is 0 Å². The Morgan fingerprint density at radius 1 is 1.24 bits per heavy atom.